The lowest BCUT2D eigenvalue weighted by molar-refractivity contribution is -0.133. The fourth-order valence-electron chi connectivity index (χ4n) is 4.94. The zero-order chi connectivity index (χ0) is 22.7. The van der Waals surface area contributed by atoms with Crippen molar-refractivity contribution in [2.45, 2.75) is 38.1 Å². The molecule has 1 fully saturated rings. The van der Waals surface area contributed by atoms with Crippen LogP contribution in [0.25, 0.3) is 0 Å². The molecule has 4 rings (SSSR count). The first-order valence-corrected chi connectivity index (χ1v) is 11.4. The molecule has 0 bridgehead atoms. The third kappa shape index (κ3) is 4.78. The van der Waals surface area contributed by atoms with E-state index in [0.29, 0.717) is 37.4 Å². The third-order valence-electron chi connectivity index (χ3n) is 6.84. The van der Waals surface area contributed by atoms with Gasteiger partial charge in [0.05, 0.1) is 0 Å². The largest absolute Gasteiger partial charge is 0.384 e. The number of nitrogens with two attached hydrogens (primary N) is 2. The fraction of sp³-hybridized carbons (Fsp3) is 0.440. The van der Waals surface area contributed by atoms with Gasteiger partial charge in [-0.2, -0.15) is 0 Å². The Morgan fingerprint density at radius 2 is 1.84 bits per heavy atom. The summed E-state index contributed by atoms with van der Waals surface area (Å²) in [5.74, 6) is 0.536. The maximum Gasteiger partial charge on any atom is 0.245 e. The number of benzene rings is 2. The summed E-state index contributed by atoms with van der Waals surface area (Å²) in [4.78, 5) is 17.7. The third-order valence-corrected chi connectivity index (χ3v) is 6.84. The molecule has 7 heteroatoms. The summed E-state index contributed by atoms with van der Waals surface area (Å²) in [5, 5.41) is 7.81. The lowest BCUT2D eigenvalue weighted by Gasteiger charge is -2.36. The Bertz CT molecular complexity index is 969. The number of amides is 1. The van der Waals surface area contributed by atoms with Gasteiger partial charge in [0.25, 0.3) is 0 Å². The summed E-state index contributed by atoms with van der Waals surface area (Å²) in [7, 11) is 0. The van der Waals surface area contributed by atoms with Crippen LogP contribution in [0.3, 0.4) is 0 Å². The van der Waals surface area contributed by atoms with Gasteiger partial charge >= 0.3 is 0 Å². The summed E-state index contributed by atoms with van der Waals surface area (Å²) >= 11 is 0. The zero-order valence-corrected chi connectivity index (χ0v) is 18.4. The number of nitrogens with zero attached hydrogens (tertiary/aromatic N) is 2. The van der Waals surface area contributed by atoms with E-state index in [4.69, 9.17) is 16.9 Å². The van der Waals surface area contributed by atoms with Gasteiger partial charge in [-0.15, -0.1) is 0 Å². The number of carbonyl (C=O) groups excluding carboxylic acids is 1. The molecule has 0 spiro atoms. The van der Waals surface area contributed by atoms with Gasteiger partial charge in [0.2, 0.25) is 5.91 Å². The number of amidine groups is 1. The van der Waals surface area contributed by atoms with Crippen LogP contribution in [0, 0.1) is 17.1 Å². The van der Waals surface area contributed by atoms with E-state index in [1.54, 1.807) is 12.1 Å². The smallest absolute Gasteiger partial charge is 0.245 e. The number of likely N-dealkylation sites (tertiary alicyclic amines) is 1. The molecule has 1 unspecified atom stereocenters. The second kappa shape index (κ2) is 9.69. The number of nitrogen functional groups attached to an aromatic ring is 1. The Labute approximate surface area is 188 Å². The normalized spacial score (nSPS) is 18.6. The summed E-state index contributed by atoms with van der Waals surface area (Å²) in [6.07, 6.45) is 4.39. The first-order chi connectivity index (χ1) is 15.5. The van der Waals surface area contributed by atoms with Gasteiger partial charge in [-0.3, -0.25) is 10.2 Å². The molecule has 2 aliphatic rings. The maximum atomic E-state index is 13.6. The van der Waals surface area contributed by atoms with Crippen LogP contribution in [0.5, 0.6) is 0 Å². The van der Waals surface area contributed by atoms with E-state index in [-0.39, 0.29) is 23.6 Å². The highest BCUT2D eigenvalue weighted by Gasteiger charge is 2.37. The predicted molar refractivity (Wildman–Crippen MR) is 125 cm³/mol. The molecule has 2 aromatic carbocycles. The van der Waals surface area contributed by atoms with Gasteiger partial charge in [-0.1, -0.05) is 24.3 Å². The Balaban J connectivity index is 1.53. The number of hydrogen-bond acceptors (Lipinski definition) is 4. The van der Waals surface area contributed by atoms with Crippen molar-refractivity contribution in [3.8, 4) is 0 Å². The van der Waals surface area contributed by atoms with Crippen LogP contribution in [0.15, 0.2) is 42.5 Å². The van der Waals surface area contributed by atoms with Crippen molar-refractivity contribution in [3.63, 3.8) is 0 Å². The summed E-state index contributed by atoms with van der Waals surface area (Å²) in [6.45, 7) is 2.90. The van der Waals surface area contributed by atoms with Crippen LogP contribution in [0.1, 0.15) is 36.0 Å². The SMILES string of the molecule is N=C(N)c1ccc2c(c1)N(CCc1ccc(F)cc1)C(C(=O)N1CCC(CCN)CC1)C2. The van der Waals surface area contributed by atoms with Gasteiger partial charge in [-0.25, -0.2) is 4.39 Å². The van der Waals surface area contributed by atoms with Crippen molar-refractivity contribution in [2.24, 2.45) is 17.4 Å². The Hall–Kier alpha value is -2.93. The minimum Gasteiger partial charge on any atom is -0.384 e. The molecule has 1 saturated heterocycles. The van der Waals surface area contributed by atoms with Gasteiger partial charge in [0.1, 0.15) is 17.7 Å². The fourth-order valence-corrected chi connectivity index (χ4v) is 4.94. The minimum absolute atomic E-state index is 0.0167. The first kappa shape index (κ1) is 22.3. The molecule has 170 valence electrons. The molecule has 2 aliphatic heterocycles. The molecule has 0 aliphatic carbocycles. The number of rotatable bonds is 7. The molecule has 0 aromatic heterocycles. The van der Waals surface area contributed by atoms with Crippen molar-refractivity contribution in [1.82, 2.24) is 4.90 Å². The van der Waals surface area contributed by atoms with E-state index >= 15 is 0 Å². The van der Waals surface area contributed by atoms with Gasteiger partial charge in [-0.05, 0) is 67.5 Å². The number of halogens is 1. The van der Waals surface area contributed by atoms with Crippen molar-refractivity contribution in [3.05, 3.63) is 65.0 Å². The van der Waals surface area contributed by atoms with Crippen molar-refractivity contribution in [2.75, 3.05) is 31.1 Å². The molecule has 2 heterocycles. The molecule has 1 amide bonds. The number of anilines is 1. The van der Waals surface area contributed by atoms with Crippen molar-refractivity contribution in [1.29, 1.82) is 5.41 Å². The lowest BCUT2D eigenvalue weighted by Crippen LogP contribution is -2.50. The molecule has 0 saturated carbocycles. The second-order valence-corrected chi connectivity index (χ2v) is 8.89. The highest BCUT2D eigenvalue weighted by atomic mass is 19.1. The molecule has 2 aromatic rings. The van der Waals surface area contributed by atoms with Crippen molar-refractivity contribution < 1.29 is 9.18 Å². The van der Waals surface area contributed by atoms with Gasteiger partial charge in [0.15, 0.2) is 0 Å². The van der Waals surface area contributed by atoms with E-state index < -0.39 is 0 Å². The van der Waals surface area contributed by atoms with E-state index in [0.717, 1.165) is 49.2 Å². The molecule has 6 nitrogen and oxygen atoms in total. The predicted octanol–water partition coefficient (Wildman–Crippen LogP) is 2.67. The average molecular weight is 438 g/mol. The average Bonchev–Trinajstić information content (AvgIpc) is 3.16. The van der Waals surface area contributed by atoms with E-state index in [1.165, 1.54) is 12.1 Å². The second-order valence-electron chi connectivity index (χ2n) is 8.89. The number of carbonyl (C=O) groups is 1. The molecular formula is C25H32FN5O. The van der Waals surface area contributed by atoms with Crippen LogP contribution in [0.2, 0.25) is 0 Å². The Morgan fingerprint density at radius 3 is 2.50 bits per heavy atom. The van der Waals surface area contributed by atoms with Crippen LogP contribution < -0.4 is 16.4 Å². The molecule has 32 heavy (non-hydrogen) atoms. The molecular weight excluding hydrogens is 405 g/mol. The van der Waals surface area contributed by atoms with E-state index in [1.807, 2.05) is 23.1 Å². The Morgan fingerprint density at radius 1 is 1.12 bits per heavy atom. The summed E-state index contributed by atoms with van der Waals surface area (Å²) < 4.78 is 13.3. The number of nitrogens with one attached hydrogen (secondary N) is 1. The Kier molecular flexibility index (Phi) is 6.74. The van der Waals surface area contributed by atoms with Crippen LogP contribution in [-0.4, -0.2) is 48.9 Å². The topological polar surface area (TPSA) is 99.4 Å². The molecule has 1 atom stereocenters. The van der Waals surface area contributed by atoms with Crippen LogP contribution in [0.4, 0.5) is 10.1 Å². The van der Waals surface area contributed by atoms with Gasteiger partial charge in [0, 0.05) is 37.3 Å². The maximum absolute atomic E-state index is 13.6. The van der Waals surface area contributed by atoms with E-state index in [9.17, 15) is 9.18 Å². The van der Waals surface area contributed by atoms with Crippen molar-refractivity contribution >= 4 is 17.4 Å². The quantitative estimate of drug-likeness (QED) is 0.458. The first-order valence-electron chi connectivity index (χ1n) is 11.4. The highest BCUT2D eigenvalue weighted by Crippen LogP contribution is 2.35. The van der Waals surface area contributed by atoms with Crippen LogP contribution in [-0.2, 0) is 17.6 Å². The monoisotopic (exact) mass is 437 g/mol. The zero-order valence-electron chi connectivity index (χ0n) is 18.4. The number of piperidine rings is 1. The highest BCUT2D eigenvalue weighted by molar-refractivity contribution is 5.97. The lowest BCUT2D eigenvalue weighted by atomic mass is 9.93. The van der Waals surface area contributed by atoms with Gasteiger partial charge < -0.3 is 21.3 Å². The molecule has 5 N–H and O–H groups in total. The van der Waals surface area contributed by atoms with E-state index in [2.05, 4.69) is 4.90 Å². The van der Waals surface area contributed by atoms with Crippen LogP contribution >= 0.6 is 0 Å². The standard InChI is InChI=1S/C25H32FN5O/c26-21-5-1-17(2-6-21)10-14-31-22-16-20(24(28)29)4-3-19(22)15-23(31)25(32)30-12-8-18(7-11-27)9-13-30/h1-6,16,18,23H,7-15,27H2,(H3,28,29). The summed E-state index contributed by atoms with van der Waals surface area (Å²) in [5.41, 5.74) is 15.2. The molecule has 0 radical (unpaired) electrons. The number of hydrogen-bond donors (Lipinski definition) is 3. The minimum atomic E-state index is -0.265. The number of fused-ring (bicyclic) bond motifs is 1. The summed E-state index contributed by atoms with van der Waals surface area (Å²) in [6, 6.07) is 12.0.